The van der Waals surface area contributed by atoms with E-state index in [-0.39, 0.29) is 5.82 Å². The molecule has 156 valence electrons. The maximum Gasteiger partial charge on any atom is 0.203 e. The van der Waals surface area contributed by atoms with Crippen molar-refractivity contribution in [2.45, 2.75) is 13.5 Å². The first-order valence-corrected chi connectivity index (χ1v) is 11.0. The van der Waals surface area contributed by atoms with Gasteiger partial charge in [0, 0.05) is 29.7 Å². The van der Waals surface area contributed by atoms with Crippen LogP contribution in [0.4, 0.5) is 15.2 Å². The molecule has 0 unspecified atom stereocenters. The number of benzene rings is 3. The van der Waals surface area contributed by atoms with E-state index < -0.39 is 0 Å². The van der Waals surface area contributed by atoms with Gasteiger partial charge in [0.1, 0.15) is 5.82 Å². The number of aromatic nitrogens is 1. The highest BCUT2D eigenvalue weighted by atomic mass is 32.1. The second kappa shape index (κ2) is 10.00. The van der Waals surface area contributed by atoms with Crippen molar-refractivity contribution in [3.05, 3.63) is 101 Å². The summed E-state index contributed by atoms with van der Waals surface area (Å²) in [7, 11) is 0. The highest BCUT2D eigenvalue weighted by molar-refractivity contribution is 7.14. The topological polar surface area (TPSA) is 40.5 Å². The summed E-state index contributed by atoms with van der Waals surface area (Å²) < 4.78 is 13.1. The largest absolute Gasteiger partial charge is 0.367 e. The SMILES string of the molecule is CCN(Cc1ccccc1)c1ccc(/C=N\Nc2nc(-c3ccc(F)cc3)cs2)cc1. The van der Waals surface area contributed by atoms with Gasteiger partial charge in [0.05, 0.1) is 11.9 Å². The minimum atomic E-state index is -0.255. The fraction of sp³-hybridized carbons (Fsp3) is 0.120. The maximum atomic E-state index is 13.1. The van der Waals surface area contributed by atoms with Gasteiger partial charge in [-0.2, -0.15) is 5.10 Å². The average molecular weight is 431 g/mol. The van der Waals surface area contributed by atoms with Gasteiger partial charge in [-0.3, -0.25) is 5.43 Å². The molecule has 0 fully saturated rings. The molecule has 3 aromatic carbocycles. The molecule has 1 heterocycles. The molecule has 0 radical (unpaired) electrons. The highest BCUT2D eigenvalue weighted by Crippen LogP contribution is 2.25. The molecule has 0 spiro atoms. The monoisotopic (exact) mass is 430 g/mol. The second-order valence-electron chi connectivity index (χ2n) is 7.01. The van der Waals surface area contributed by atoms with Gasteiger partial charge >= 0.3 is 0 Å². The van der Waals surface area contributed by atoms with Crippen molar-refractivity contribution in [2.75, 3.05) is 16.9 Å². The van der Waals surface area contributed by atoms with Crippen molar-refractivity contribution >= 4 is 28.4 Å². The summed E-state index contributed by atoms with van der Waals surface area (Å²) in [6, 6.07) is 25.1. The average Bonchev–Trinajstić information content (AvgIpc) is 3.28. The van der Waals surface area contributed by atoms with Crippen molar-refractivity contribution in [3.8, 4) is 11.3 Å². The molecule has 1 N–H and O–H groups in total. The minimum Gasteiger partial charge on any atom is -0.367 e. The summed E-state index contributed by atoms with van der Waals surface area (Å²) in [6.07, 6.45) is 1.77. The number of rotatable bonds is 8. The Morgan fingerprint density at radius 3 is 2.45 bits per heavy atom. The van der Waals surface area contributed by atoms with Gasteiger partial charge in [-0.1, -0.05) is 42.5 Å². The molecular weight excluding hydrogens is 407 g/mol. The van der Waals surface area contributed by atoms with E-state index in [1.807, 2.05) is 11.4 Å². The Bertz CT molecular complexity index is 1120. The molecule has 0 bridgehead atoms. The lowest BCUT2D eigenvalue weighted by Crippen LogP contribution is -2.21. The molecule has 4 nitrogen and oxygen atoms in total. The summed E-state index contributed by atoms with van der Waals surface area (Å²) in [4.78, 5) is 6.83. The van der Waals surface area contributed by atoms with Gasteiger partial charge < -0.3 is 4.90 Å². The van der Waals surface area contributed by atoms with Crippen LogP contribution in [0.2, 0.25) is 0 Å². The van der Waals surface area contributed by atoms with E-state index in [2.05, 4.69) is 75.9 Å². The molecule has 0 aliphatic carbocycles. The lowest BCUT2D eigenvalue weighted by Gasteiger charge is -2.23. The molecule has 0 aliphatic rings. The quantitative estimate of drug-likeness (QED) is 0.259. The molecule has 0 saturated carbocycles. The number of thiazole rings is 1. The third-order valence-corrected chi connectivity index (χ3v) is 5.62. The maximum absolute atomic E-state index is 13.1. The summed E-state index contributed by atoms with van der Waals surface area (Å²) in [5, 5.41) is 6.90. The van der Waals surface area contributed by atoms with Crippen molar-refractivity contribution in [2.24, 2.45) is 5.10 Å². The Hall–Kier alpha value is -3.51. The van der Waals surface area contributed by atoms with Gasteiger partial charge in [0.15, 0.2) is 0 Å². The van der Waals surface area contributed by atoms with Gasteiger partial charge in [-0.05, 0) is 54.4 Å². The van der Waals surface area contributed by atoms with Crippen molar-refractivity contribution < 1.29 is 4.39 Å². The van der Waals surface area contributed by atoms with E-state index in [0.29, 0.717) is 5.13 Å². The summed E-state index contributed by atoms with van der Waals surface area (Å²) in [5.41, 5.74) is 8.12. The summed E-state index contributed by atoms with van der Waals surface area (Å²) in [6.45, 7) is 3.98. The molecule has 0 aliphatic heterocycles. The van der Waals surface area contributed by atoms with Crippen LogP contribution < -0.4 is 10.3 Å². The van der Waals surface area contributed by atoms with Crippen LogP contribution >= 0.6 is 11.3 Å². The zero-order chi connectivity index (χ0) is 21.5. The smallest absolute Gasteiger partial charge is 0.203 e. The number of hydrogen-bond donors (Lipinski definition) is 1. The first kappa shape index (κ1) is 20.8. The first-order valence-electron chi connectivity index (χ1n) is 10.1. The number of hydrogen-bond acceptors (Lipinski definition) is 5. The highest BCUT2D eigenvalue weighted by Gasteiger charge is 2.06. The Morgan fingerprint density at radius 2 is 1.74 bits per heavy atom. The molecular formula is C25H23FN4S. The summed E-state index contributed by atoms with van der Waals surface area (Å²) >= 11 is 1.46. The van der Waals surface area contributed by atoms with Crippen LogP contribution in [-0.4, -0.2) is 17.7 Å². The van der Waals surface area contributed by atoms with Crippen LogP contribution in [0.3, 0.4) is 0 Å². The Labute approximate surface area is 185 Å². The molecule has 6 heteroatoms. The Balaban J connectivity index is 1.36. The van der Waals surface area contributed by atoms with Gasteiger partial charge in [-0.15, -0.1) is 11.3 Å². The van der Waals surface area contributed by atoms with Gasteiger partial charge in [0.25, 0.3) is 0 Å². The number of hydrazone groups is 1. The standard InChI is InChI=1S/C25H23FN4S/c1-2-30(17-20-6-4-3-5-7-20)23-14-8-19(9-15-23)16-27-29-25-28-24(18-31-25)21-10-12-22(26)13-11-21/h3-16,18H,2,17H2,1H3,(H,28,29)/b27-16-. The predicted molar refractivity (Wildman–Crippen MR) is 128 cm³/mol. The number of anilines is 2. The molecule has 4 rings (SSSR count). The van der Waals surface area contributed by atoms with Crippen LogP contribution in [0.1, 0.15) is 18.1 Å². The number of nitrogens with zero attached hydrogens (tertiary/aromatic N) is 3. The van der Waals surface area contributed by atoms with E-state index in [9.17, 15) is 4.39 Å². The van der Waals surface area contributed by atoms with Crippen LogP contribution in [0, 0.1) is 5.82 Å². The van der Waals surface area contributed by atoms with Gasteiger partial charge in [-0.25, -0.2) is 9.37 Å². The lowest BCUT2D eigenvalue weighted by molar-refractivity contribution is 0.628. The molecule has 0 amide bonds. The van der Waals surface area contributed by atoms with Crippen molar-refractivity contribution in [3.63, 3.8) is 0 Å². The first-order chi connectivity index (χ1) is 15.2. The minimum absolute atomic E-state index is 0.255. The third kappa shape index (κ3) is 5.55. The fourth-order valence-electron chi connectivity index (χ4n) is 3.20. The molecule has 1 aromatic heterocycles. The van der Waals surface area contributed by atoms with Crippen LogP contribution in [0.25, 0.3) is 11.3 Å². The van der Waals surface area contributed by atoms with E-state index in [1.165, 1.54) is 34.7 Å². The summed E-state index contributed by atoms with van der Waals surface area (Å²) in [5.74, 6) is -0.255. The van der Waals surface area contributed by atoms with Gasteiger partial charge in [0.2, 0.25) is 5.13 Å². The predicted octanol–water partition coefficient (Wildman–Crippen LogP) is 6.42. The number of halogens is 1. The van der Waals surface area contributed by atoms with Crippen molar-refractivity contribution in [1.82, 2.24) is 4.98 Å². The fourth-order valence-corrected chi connectivity index (χ4v) is 3.87. The van der Waals surface area contributed by atoms with E-state index >= 15 is 0 Å². The molecule has 0 saturated heterocycles. The van der Waals surface area contributed by atoms with Crippen LogP contribution in [-0.2, 0) is 6.54 Å². The molecule has 31 heavy (non-hydrogen) atoms. The third-order valence-electron chi connectivity index (χ3n) is 4.87. The van der Waals surface area contributed by atoms with Crippen LogP contribution in [0.15, 0.2) is 89.3 Å². The zero-order valence-corrected chi connectivity index (χ0v) is 18.0. The number of nitrogens with one attached hydrogen (secondary N) is 1. The second-order valence-corrected chi connectivity index (χ2v) is 7.86. The van der Waals surface area contributed by atoms with E-state index in [1.54, 1.807) is 18.3 Å². The van der Waals surface area contributed by atoms with Crippen LogP contribution in [0.5, 0.6) is 0 Å². The molecule has 4 aromatic rings. The molecule has 0 atom stereocenters. The Morgan fingerprint density at radius 1 is 1.00 bits per heavy atom. The van der Waals surface area contributed by atoms with E-state index in [0.717, 1.165) is 29.9 Å². The zero-order valence-electron chi connectivity index (χ0n) is 17.2. The Kier molecular flexibility index (Phi) is 6.69. The van der Waals surface area contributed by atoms with Crippen molar-refractivity contribution in [1.29, 1.82) is 0 Å². The van der Waals surface area contributed by atoms with E-state index in [4.69, 9.17) is 0 Å². The lowest BCUT2D eigenvalue weighted by atomic mass is 10.1. The normalized spacial score (nSPS) is 11.0.